The fourth-order valence-corrected chi connectivity index (χ4v) is 1.12. The van der Waals surface area contributed by atoms with Crippen molar-refractivity contribution in [2.45, 2.75) is 40.0 Å². The second kappa shape index (κ2) is 10.7. The van der Waals surface area contributed by atoms with E-state index in [1.54, 1.807) is 0 Å². The summed E-state index contributed by atoms with van der Waals surface area (Å²) in [6.45, 7) is 20.8. The molecule has 1 aromatic carbocycles. The quantitative estimate of drug-likeness (QED) is 0.579. The second-order valence-electron chi connectivity index (χ2n) is 5.83. The van der Waals surface area contributed by atoms with Crippen LogP contribution >= 0.6 is 0 Å². The van der Waals surface area contributed by atoms with Gasteiger partial charge in [0.15, 0.2) is 0 Å². The van der Waals surface area contributed by atoms with Crippen LogP contribution in [0.4, 0.5) is 0 Å². The van der Waals surface area contributed by atoms with Gasteiger partial charge in [-0.3, -0.25) is 0 Å². The molecule has 0 aromatic heterocycles. The van der Waals surface area contributed by atoms with E-state index >= 15 is 0 Å². The largest absolute Gasteiger partial charge is 0.478 e. The van der Waals surface area contributed by atoms with E-state index in [1.807, 2.05) is 19.9 Å². The molecule has 0 bridgehead atoms. The number of aliphatic carboxylic acids is 1. The Bertz CT molecular complexity index is 455. The number of carboxylic acids is 1. The van der Waals surface area contributed by atoms with Crippen LogP contribution in [-0.2, 0) is 10.2 Å². The standard InChI is InChI=1S/C12H16.C4H8.C3H4O2/c1-5-10-6-8-11(9-7-10)12(2,3)4;1-4(2)3;1-2-3(4)5/h5-9H,1H2,2-4H3;1H2,2-3H3;2H,1H2,(H,4,5). The van der Waals surface area contributed by atoms with Crippen LogP contribution in [-0.4, -0.2) is 11.1 Å². The van der Waals surface area contributed by atoms with E-state index in [0.717, 1.165) is 6.08 Å². The molecule has 0 saturated carbocycles. The van der Waals surface area contributed by atoms with Crippen LogP contribution in [0.15, 0.2) is 55.7 Å². The Kier molecular flexibility index (Phi) is 10.8. The number of hydrogen-bond donors (Lipinski definition) is 1. The normalized spacial score (nSPS) is 9.19. The third kappa shape index (κ3) is 14.1. The van der Waals surface area contributed by atoms with Crippen molar-refractivity contribution < 1.29 is 9.90 Å². The van der Waals surface area contributed by atoms with E-state index in [2.05, 4.69) is 64.8 Å². The van der Waals surface area contributed by atoms with Gasteiger partial charge in [-0.05, 0) is 30.4 Å². The first-order chi connectivity index (χ1) is 9.54. The molecule has 0 aliphatic carbocycles. The van der Waals surface area contributed by atoms with E-state index in [1.165, 1.54) is 16.7 Å². The van der Waals surface area contributed by atoms with Gasteiger partial charge in [-0.1, -0.05) is 69.8 Å². The molecule has 0 radical (unpaired) electrons. The number of carbonyl (C=O) groups is 1. The minimum Gasteiger partial charge on any atom is -0.478 e. The van der Waals surface area contributed by atoms with E-state index in [9.17, 15) is 4.79 Å². The molecule has 0 saturated heterocycles. The third-order valence-electron chi connectivity index (χ3n) is 2.19. The molecule has 1 N–H and O–H groups in total. The summed E-state index contributed by atoms with van der Waals surface area (Å²) in [5, 5.41) is 7.60. The Balaban J connectivity index is 0. The Morgan fingerprint density at radius 1 is 1.10 bits per heavy atom. The predicted molar refractivity (Wildman–Crippen MR) is 93.6 cm³/mol. The average Bonchev–Trinajstić information content (AvgIpc) is 2.38. The minimum atomic E-state index is -0.981. The van der Waals surface area contributed by atoms with Gasteiger partial charge >= 0.3 is 5.97 Å². The van der Waals surface area contributed by atoms with Gasteiger partial charge in [0.25, 0.3) is 0 Å². The monoisotopic (exact) mass is 288 g/mol. The maximum Gasteiger partial charge on any atom is 0.327 e. The summed E-state index contributed by atoms with van der Waals surface area (Å²) in [7, 11) is 0. The molecule has 21 heavy (non-hydrogen) atoms. The summed E-state index contributed by atoms with van der Waals surface area (Å²) in [6.07, 6.45) is 2.70. The number of rotatable bonds is 2. The molecule has 0 atom stereocenters. The lowest BCUT2D eigenvalue weighted by atomic mass is 9.87. The molecular formula is C19H28O2. The van der Waals surface area contributed by atoms with E-state index in [4.69, 9.17) is 5.11 Å². The zero-order valence-electron chi connectivity index (χ0n) is 13.9. The van der Waals surface area contributed by atoms with Gasteiger partial charge in [-0.25, -0.2) is 4.79 Å². The first-order valence-electron chi connectivity index (χ1n) is 6.75. The number of benzene rings is 1. The fraction of sp³-hybridized carbons (Fsp3) is 0.316. The first kappa shape index (κ1) is 21.2. The molecule has 0 aliphatic heterocycles. The Morgan fingerprint density at radius 3 is 1.62 bits per heavy atom. The minimum absolute atomic E-state index is 0.250. The van der Waals surface area contributed by atoms with Crippen molar-refractivity contribution in [3.63, 3.8) is 0 Å². The smallest absolute Gasteiger partial charge is 0.327 e. The average molecular weight is 288 g/mol. The lowest BCUT2D eigenvalue weighted by Gasteiger charge is -2.18. The molecule has 0 spiro atoms. The predicted octanol–water partition coefficient (Wildman–Crippen LogP) is 5.47. The van der Waals surface area contributed by atoms with Crippen molar-refractivity contribution in [1.82, 2.24) is 0 Å². The molecule has 1 aromatic rings. The molecular weight excluding hydrogens is 260 g/mol. The summed E-state index contributed by atoms with van der Waals surface area (Å²) in [5.41, 5.74) is 3.97. The van der Waals surface area contributed by atoms with Crippen molar-refractivity contribution in [2.24, 2.45) is 0 Å². The van der Waals surface area contributed by atoms with Crippen molar-refractivity contribution in [3.8, 4) is 0 Å². The first-order valence-corrected chi connectivity index (χ1v) is 6.75. The van der Waals surface area contributed by atoms with Gasteiger partial charge in [0.1, 0.15) is 0 Å². The van der Waals surface area contributed by atoms with E-state index in [0.29, 0.717) is 0 Å². The van der Waals surface area contributed by atoms with Crippen molar-refractivity contribution in [1.29, 1.82) is 0 Å². The third-order valence-corrected chi connectivity index (χ3v) is 2.19. The fourth-order valence-electron chi connectivity index (χ4n) is 1.12. The van der Waals surface area contributed by atoms with Gasteiger partial charge in [-0.15, -0.1) is 6.58 Å². The van der Waals surface area contributed by atoms with Crippen molar-refractivity contribution in [2.75, 3.05) is 0 Å². The number of allylic oxidation sites excluding steroid dienone is 1. The van der Waals surface area contributed by atoms with Crippen LogP contribution in [0.3, 0.4) is 0 Å². The van der Waals surface area contributed by atoms with Gasteiger partial charge in [-0.2, -0.15) is 0 Å². The van der Waals surface area contributed by atoms with Crippen LogP contribution in [0.2, 0.25) is 0 Å². The summed E-state index contributed by atoms with van der Waals surface area (Å²) >= 11 is 0. The highest BCUT2D eigenvalue weighted by Gasteiger charge is 2.12. The summed E-state index contributed by atoms with van der Waals surface area (Å²) in [4.78, 5) is 9.25. The summed E-state index contributed by atoms with van der Waals surface area (Å²) < 4.78 is 0. The van der Waals surface area contributed by atoms with Gasteiger partial charge < -0.3 is 5.11 Å². The lowest BCUT2D eigenvalue weighted by molar-refractivity contribution is -0.131. The molecule has 0 fully saturated rings. The van der Waals surface area contributed by atoms with Crippen LogP contribution in [0.1, 0.15) is 45.7 Å². The van der Waals surface area contributed by atoms with Crippen LogP contribution < -0.4 is 0 Å². The molecule has 0 amide bonds. The van der Waals surface area contributed by atoms with Gasteiger partial charge in [0.05, 0.1) is 0 Å². The lowest BCUT2D eigenvalue weighted by Crippen LogP contribution is -2.10. The number of carboxylic acid groups (broad SMARTS) is 1. The Morgan fingerprint density at radius 2 is 1.43 bits per heavy atom. The summed E-state index contributed by atoms with van der Waals surface area (Å²) in [5.74, 6) is -0.981. The molecule has 0 aliphatic rings. The zero-order valence-corrected chi connectivity index (χ0v) is 13.9. The van der Waals surface area contributed by atoms with Crippen LogP contribution in [0.5, 0.6) is 0 Å². The van der Waals surface area contributed by atoms with Crippen LogP contribution in [0.25, 0.3) is 6.08 Å². The molecule has 2 nitrogen and oxygen atoms in total. The molecule has 2 heteroatoms. The Hall–Kier alpha value is -2.09. The van der Waals surface area contributed by atoms with Gasteiger partial charge in [0, 0.05) is 6.08 Å². The molecule has 0 heterocycles. The molecule has 0 unspecified atom stereocenters. The number of hydrogen-bond acceptors (Lipinski definition) is 1. The maximum atomic E-state index is 9.25. The zero-order chi connectivity index (χ0) is 17.1. The van der Waals surface area contributed by atoms with Crippen LogP contribution in [0, 0.1) is 0 Å². The summed E-state index contributed by atoms with van der Waals surface area (Å²) in [6, 6.07) is 8.54. The van der Waals surface area contributed by atoms with E-state index in [-0.39, 0.29) is 5.41 Å². The molecule has 1 rings (SSSR count). The highest BCUT2D eigenvalue weighted by molar-refractivity contribution is 5.78. The highest BCUT2D eigenvalue weighted by atomic mass is 16.4. The Labute approximate surface area is 129 Å². The van der Waals surface area contributed by atoms with Crippen molar-refractivity contribution >= 4 is 12.0 Å². The highest BCUT2D eigenvalue weighted by Crippen LogP contribution is 2.22. The second-order valence-corrected chi connectivity index (χ2v) is 5.83. The SMILES string of the molecule is C=C(C)C.C=CC(=O)O.C=Cc1ccc(C(C)(C)C)cc1. The molecule has 116 valence electrons. The maximum absolute atomic E-state index is 9.25. The topological polar surface area (TPSA) is 37.3 Å². The van der Waals surface area contributed by atoms with Crippen molar-refractivity contribution in [3.05, 3.63) is 66.8 Å². The van der Waals surface area contributed by atoms with E-state index < -0.39 is 5.97 Å². The van der Waals surface area contributed by atoms with Gasteiger partial charge in [0.2, 0.25) is 0 Å².